The lowest BCUT2D eigenvalue weighted by molar-refractivity contribution is 0.657. The van der Waals surface area contributed by atoms with Crippen LogP contribution in [0, 0.1) is 0 Å². The van der Waals surface area contributed by atoms with Gasteiger partial charge >= 0.3 is 0 Å². The summed E-state index contributed by atoms with van der Waals surface area (Å²) in [5.74, 6) is 0. The van der Waals surface area contributed by atoms with Gasteiger partial charge in [0, 0.05) is 45.2 Å². The van der Waals surface area contributed by atoms with Crippen molar-refractivity contribution in [2.75, 3.05) is 0 Å². The Morgan fingerprint density at radius 1 is 0.500 bits per heavy atom. The van der Waals surface area contributed by atoms with E-state index in [2.05, 4.69) is 111 Å². The predicted octanol–water partition coefficient (Wildman–Crippen LogP) is 10.6. The van der Waals surface area contributed by atoms with E-state index in [0.717, 1.165) is 0 Å². The molecule has 6 aromatic rings. The molecule has 1 aromatic heterocycles. The van der Waals surface area contributed by atoms with Crippen molar-refractivity contribution in [3.8, 4) is 22.3 Å². The fraction of sp³-hybridized carbons (Fsp3) is 0.0909. The minimum atomic E-state index is -0.00602. The van der Waals surface area contributed by atoms with Gasteiger partial charge in [0.2, 0.25) is 0 Å². The van der Waals surface area contributed by atoms with Gasteiger partial charge in [-0.15, -0.1) is 11.3 Å². The van der Waals surface area contributed by atoms with Gasteiger partial charge in [-0.05, 0) is 81.9 Å². The second kappa shape index (κ2) is 7.52. The van der Waals surface area contributed by atoms with Gasteiger partial charge in [-0.1, -0.05) is 85.9 Å². The van der Waals surface area contributed by atoms with Crippen LogP contribution in [0.25, 0.3) is 42.4 Å². The summed E-state index contributed by atoms with van der Waals surface area (Å²) in [5.41, 5.74) is 8.23. The van der Waals surface area contributed by atoms with Crippen molar-refractivity contribution in [1.82, 2.24) is 0 Å². The molecule has 0 atom stereocenters. The van der Waals surface area contributed by atoms with Crippen molar-refractivity contribution in [1.29, 1.82) is 0 Å². The lowest BCUT2D eigenvalue weighted by Crippen LogP contribution is -2.15. The van der Waals surface area contributed by atoms with Crippen LogP contribution >= 0.6 is 34.9 Å². The maximum absolute atomic E-state index is 2.46. The molecule has 3 heteroatoms. The zero-order chi connectivity index (χ0) is 24.0. The highest BCUT2D eigenvalue weighted by Gasteiger charge is 2.37. The molecule has 0 nitrogen and oxygen atoms in total. The number of thiophene rings is 1. The maximum atomic E-state index is 2.46. The largest absolute Gasteiger partial charge is 0.135 e. The summed E-state index contributed by atoms with van der Waals surface area (Å²) in [4.78, 5) is 5.48. The van der Waals surface area contributed by atoms with E-state index in [4.69, 9.17) is 0 Å². The zero-order valence-corrected chi connectivity index (χ0v) is 22.4. The second-order valence-electron chi connectivity index (χ2n) is 10.2. The molecule has 0 N–H and O–H groups in total. The maximum Gasteiger partial charge on any atom is 0.0355 e. The molecule has 0 radical (unpaired) electrons. The van der Waals surface area contributed by atoms with Crippen LogP contribution in [-0.4, -0.2) is 0 Å². The molecule has 172 valence electrons. The van der Waals surface area contributed by atoms with Crippen LogP contribution in [-0.2, 0) is 5.41 Å². The Morgan fingerprint density at radius 2 is 1.14 bits per heavy atom. The molecule has 1 aliphatic heterocycles. The fourth-order valence-electron chi connectivity index (χ4n) is 5.86. The SMILES string of the molecule is CC1(C)c2ccc(-c3ccc4sc5ccccc5c4c3)cc2-c2cc3c(cc21)Sc1ccccc1S3. The Balaban J connectivity index is 1.28. The van der Waals surface area contributed by atoms with Crippen LogP contribution in [0.3, 0.4) is 0 Å². The van der Waals surface area contributed by atoms with E-state index in [0.29, 0.717) is 0 Å². The van der Waals surface area contributed by atoms with Gasteiger partial charge in [0.05, 0.1) is 0 Å². The average molecular weight is 515 g/mol. The standard InChI is InChI=1S/C33H22S3/c1-33(2)25-13-11-19(20-12-14-28-24(16-20)21-7-3-4-8-27(21)34-28)15-22(25)23-17-31-32(18-26(23)33)36-30-10-6-5-9-29(30)35-31/h3-18H,1-2H3. The van der Waals surface area contributed by atoms with Crippen LogP contribution in [0.4, 0.5) is 0 Å². The van der Waals surface area contributed by atoms with Crippen molar-refractivity contribution in [2.24, 2.45) is 0 Å². The number of fused-ring (bicyclic) bond motifs is 8. The van der Waals surface area contributed by atoms with E-state index in [1.165, 1.54) is 73.1 Å². The topological polar surface area (TPSA) is 0 Å². The Morgan fingerprint density at radius 3 is 1.97 bits per heavy atom. The number of benzene rings is 5. The van der Waals surface area contributed by atoms with E-state index in [9.17, 15) is 0 Å². The van der Waals surface area contributed by atoms with Gasteiger partial charge < -0.3 is 0 Å². The van der Waals surface area contributed by atoms with Gasteiger partial charge in [-0.25, -0.2) is 0 Å². The number of hydrogen-bond acceptors (Lipinski definition) is 3. The molecule has 8 rings (SSSR count). The Hall–Kier alpha value is -2.98. The van der Waals surface area contributed by atoms with Crippen LogP contribution < -0.4 is 0 Å². The molecule has 0 unspecified atom stereocenters. The van der Waals surface area contributed by atoms with Crippen LogP contribution in [0.2, 0.25) is 0 Å². The molecule has 0 bridgehead atoms. The summed E-state index contributed by atoms with van der Waals surface area (Å²) >= 11 is 5.70. The summed E-state index contributed by atoms with van der Waals surface area (Å²) in [6.45, 7) is 4.75. The Bertz CT molecular complexity index is 1870. The summed E-state index contributed by atoms with van der Waals surface area (Å²) in [7, 11) is 0. The predicted molar refractivity (Wildman–Crippen MR) is 157 cm³/mol. The van der Waals surface area contributed by atoms with Gasteiger partial charge in [-0.3, -0.25) is 0 Å². The first-order valence-corrected chi connectivity index (χ1v) is 14.7. The monoisotopic (exact) mass is 514 g/mol. The molecule has 1 aliphatic carbocycles. The summed E-state index contributed by atoms with van der Waals surface area (Å²) in [6.07, 6.45) is 0. The van der Waals surface area contributed by atoms with Crippen molar-refractivity contribution in [3.63, 3.8) is 0 Å². The molecule has 2 heterocycles. The van der Waals surface area contributed by atoms with E-state index in [1.807, 2.05) is 34.9 Å². The zero-order valence-electron chi connectivity index (χ0n) is 20.0. The van der Waals surface area contributed by atoms with Gasteiger partial charge in [0.15, 0.2) is 0 Å². The molecule has 2 aliphatic rings. The minimum absolute atomic E-state index is 0.00602. The molecular weight excluding hydrogens is 493 g/mol. The molecule has 0 saturated carbocycles. The van der Waals surface area contributed by atoms with E-state index >= 15 is 0 Å². The first-order chi connectivity index (χ1) is 17.6. The van der Waals surface area contributed by atoms with Gasteiger partial charge in [0.1, 0.15) is 0 Å². The summed E-state index contributed by atoms with van der Waals surface area (Å²) in [5, 5.41) is 2.71. The quantitative estimate of drug-likeness (QED) is 0.214. The highest BCUT2D eigenvalue weighted by Crippen LogP contribution is 2.56. The first-order valence-electron chi connectivity index (χ1n) is 12.3. The Labute approximate surface area is 223 Å². The average Bonchev–Trinajstić information content (AvgIpc) is 3.38. The first kappa shape index (κ1) is 21.1. The summed E-state index contributed by atoms with van der Waals surface area (Å²) < 4.78 is 2.71. The van der Waals surface area contributed by atoms with Crippen LogP contribution in [0.5, 0.6) is 0 Å². The van der Waals surface area contributed by atoms with Crippen molar-refractivity contribution >= 4 is 55.0 Å². The summed E-state index contributed by atoms with van der Waals surface area (Å²) in [6, 6.07) is 36.5. The van der Waals surface area contributed by atoms with E-state index in [-0.39, 0.29) is 5.41 Å². The Kier molecular flexibility index (Phi) is 4.41. The highest BCUT2D eigenvalue weighted by molar-refractivity contribution is 8.05. The van der Waals surface area contributed by atoms with Crippen molar-refractivity contribution in [2.45, 2.75) is 38.8 Å². The van der Waals surface area contributed by atoms with Gasteiger partial charge in [-0.2, -0.15) is 0 Å². The second-order valence-corrected chi connectivity index (χ2v) is 13.4. The third-order valence-corrected chi connectivity index (χ3v) is 11.4. The molecular formula is C33H22S3. The van der Waals surface area contributed by atoms with Crippen LogP contribution in [0.1, 0.15) is 25.0 Å². The van der Waals surface area contributed by atoms with Crippen molar-refractivity contribution < 1.29 is 0 Å². The van der Waals surface area contributed by atoms with Crippen molar-refractivity contribution in [3.05, 3.63) is 108 Å². The van der Waals surface area contributed by atoms with Gasteiger partial charge in [0.25, 0.3) is 0 Å². The lowest BCUT2D eigenvalue weighted by Gasteiger charge is -2.24. The molecule has 0 fully saturated rings. The highest BCUT2D eigenvalue weighted by atomic mass is 32.2. The van der Waals surface area contributed by atoms with Crippen LogP contribution in [0.15, 0.2) is 117 Å². The number of hydrogen-bond donors (Lipinski definition) is 0. The lowest BCUT2D eigenvalue weighted by atomic mass is 9.82. The minimum Gasteiger partial charge on any atom is -0.135 e. The molecule has 0 saturated heterocycles. The third-order valence-electron chi connectivity index (χ3n) is 7.74. The molecule has 36 heavy (non-hydrogen) atoms. The molecule has 0 amide bonds. The van der Waals surface area contributed by atoms with E-state index in [1.54, 1.807) is 0 Å². The van der Waals surface area contributed by atoms with E-state index < -0.39 is 0 Å². The normalized spacial score (nSPS) is 14.9. The smallest absolute Gasteiger partial charge is 0.0355 e. The third kappa shape index (κ3) is 2.97. The number of rotatable bonds is 1. The fourth-order valence-corrected chi connectivity index (χ4v) is 9.22. The molecule has 0 spiro atoms. The molecule has 5 aromatic carbocycles.